The molecule has 9 nitrogen and oxygen atoms in total. The summed E-state index contributed by atoms with van der Waals surface area (Å²) in [4.78, 5) is 28.4. The Balaban J connectivity index is 1.08. The second-order valence-corrected chi connectivity index (χ2v) is 9.86. The molecule has 0 bridgehead atoms. The summed E-state index contributed by atoms with van der Waals surface area (Å²) in [6.07, 6.45) is 3.14. The smallest absolute Gasteiger partial charge is 0.223 e. The number of hydrogen-bond donors (Lipinski definition) is 1. The first kappa shape index (κ1) is 23.9. The molecule has 1 N–H and O–H groups in total. The van der Waals surface area contributed by atoms with Crippen molar-refractivity contribution >= 4 is 11.8 Å². The number of carbonyl (C=O) groups excluding carboxylic acids is 2. The lowest BCUT2D eigenvalue weighted by atomic mass is 9.94. The summed E-state index contributed by atoms with van der Waals surface area (Å²) in [5.41, 5.74) is 2.86. The third-order valence-corrected chi connectivity index (χ3v) is 7.54. The van der Waals surface area contributed by atoms with Crippen LogP contribution in [-0.2, 0) is 34.0 Å². The van der Waals surface area contributed by atoms with Crippen molar-refractivity contribution in [2.45, 2.75) is 64.4 Å². The molecule has 2 saturated heterocycles. The molecule has 35 heavy (non-hydrogen) atoms. The van der Waals surface area contributed by atoms with Gasteiger partial charge in [-0.25, -0.2) is 9.07 Å². The monoisotopic (exact) mass is 484 g/mol. The van der Waals surface area contributed by atoms with Gasteiger partial charge in [0.15, 0.2) is 0 Å². The lowest BCUT2D eigenvalue weighted by Gasteiger charge is -2.34. The number of piperidine rings is 2. The Morgan fingerprint density at radius 1 is 1.09 bits per heavy atom. The third-order valence-electron chi connectivity index (χ3n) is 7.54. The molecule has 1 unspecified atom stereocenters. The maximum atomic E-state index is 13.2. The second kappa shape index (κ2) is 10.4. The number of benzene rings is 1. The van der Waals surface area contributed by atoms with Crippen molar-refractivity contribution in [3.8, 4) is 0 Å². The first-order valence-electron chi connectivity index (χ1n) is 12.5. The molecule has 0 saturated carbocycles. The number of nitrogens with zero attached hydrogens (tertiary/aromatic N) is 5. The number of fused-ring (bicyclic) bond motifs is 1. The summed E-state index contributed by atoms with van der Waals surface area (Å²) < 4.78 is 21.2. The first-order chi connectivity index (χ1) is 17.0. The zero-order valence-corrected chi connectivity index (χ0v) is 20.2. The molecule has 3 aliphatic rings. The maximum absolute atomic E-state index is 13.2. The van der Waals surface area contributed by atoms with E-state index >= 15 is 0 Å². The number of halogens is 1. The number of amides is 2. The van der Waals surface area contributed by atoms with Gasteiger partial charge in [0.25, 0.3) is 0 Å². The van der Waals surface area contributed by atoms with Gasteiger partial charge in [0, 0.05) is 51.6 Å². The minimum absolute atomic E-state index is 0.00510. The number of hydrogen-bond acceptors (Lipinski definition) is 6. The van der Waals surface area contributed by atoms with Crippen molar-refractivity contribution in [1.29, 1.82) is 0 Å². The van der Waals surface area contributed by atoms with Crippen LogP contribution in [0.25, 0.3) is 0 Å². The summed E-state index contributed by atoms with van der Waals surface area (Å²) in [6.45, 7) is 6.41. The Morgan fingerprint density at radius 2 is 1.80 bits per heavy atom. The summed E-state index contributed by atoms with van der Waals surface area (Å²) in [7, 11) is 0. The van der Waals surface area contributed by atoms with Crippen LogP contribution < -0.4 is 5.32 Å². The van der Waals surface area contributed by atoms with Crippen molar-refractivity contribution in [2.75, 3.05) is 26.2 Å². The van der Waals surface area contributed by atoms with E-state index in [0.717, 1.165) is 55.7 Å². The number of likely N-dealkylation sites (tertiary alicyclic amines) is 2. The standard InChI is InChI=1S/C25H33FN6O3/c1-17(33)31-12-6-19(7-13-31)25(34)27-21-8-10-30(11-9-21)14-22-23-16-35-24(15-32(23)29-28-22)18-2-4-20(26)5-3-18/h2-5,19,21,24H,6-16H2,1H3,(H,27,34). The molecule has 0 aliphatic carbocycles. The van der Waals surface area contributed by atoms with E-state index in [2.05, 4.69) is 20.5 Å². The lowest BCUT2D eigenvalue weighted by molar-refractivity contribution is -0.134. The van der Waals surface area contributed by atoms with Crippen LogP contribution >= 0.6 is 0 Å². The van der Waals surface area contributed by atoms with Crippen LogP contribution in [0, 0.1) is 11.7 Å². The Morgan fingerprint density at radius 3 is 2.49 bits per heavy atom. The highest BCUT2D eigenvalue weighted by molar-refractivity contribution is 5.79. The zero-order chi connectivity index (χ0) is 24.4. The van der Waals surface area contributed by atoms with Crippen LogP contribution in [0.4, 0.5) is 4.39 Å². The molecular formula is C25H33FN6O3. The van der Waals surface area contributed by atoms with E-state index in [1.807, 2.05) is 9.58 Å². The Hall–Kier alpha value is -2.85. The summed E-state index contributed by atoms with van der Waals surface area (Å²) in [5, 5.41) is 12.0. The molecule has 2 aromatic rings. The van der Waals surface area contributed by atoms with Gasteiger partial charge in [0.1, 0.15) is 17.6 Å². The fraction of sp³-hybridized carbons (Fsp3) is 0.600. The normalized spacial score (nSPS) is 22.1. The molecule has 2 fully saturated rings. The Labute approximate surface area is 204 Å². The molecule has 1 atom stereocenters. The molecule has 188 valence electrons. The van der Waals surface area contributed by atoms with E-state index in [0.29, 0.717) is 32.8 Å². The molecule has 1 aromatic carbocycles. The van der Waals surface area contributed by atoms with Crippen LogP contribution in [0.2, 0.25) is 0 Å². The van der Waals surface area contributed by atoms with E-state index < -0.39 is 0 Å². The molecule has 4 heterocycles. The molecule has 10 heteroatoms. The number of nitrogens with one attached hydrogen (secondary N) is 1. The summed E-state index contributed by atoms with van der Waals surface area (Å²) in [5.74, 6) is -0.0336. The van der Waals surface area contributed by atoms with E-state index in [1.165, 1.54) is 12.1 Å². The van der Waals surface area contributed by atoms with Crippen LogP contribution in [-0.4, -0.2) is 68.8 Å². The quantitative estimate of drug-likeness (QED) is 0.698. The van der Waals surface area contributed by atoms with Crippen molar-refractivity contribution < 1.29 is 18.7 Å². The predicted molar refractivity (Wildman–Crippen MR) is 125 cm³/mol. The Bertz CT molecular complexity index is 1040. The molecule has 5 rings (SSSR count). The van der Waals surface area contributed by atoms with Gasteiger partial charge in [-0.3, -0.25) is 14.5 Å². The van der Waals surface area contributed by atoms with Crippen molar-refractivity contribution in [2.24, 2.45) is 5.92 Å². The molecule has 0 radical (unpaired) electrons. The van der Waals surface area contributed by atoms with E-state index in [1.54, 1.807) is 19.1 Å². The molecule has 2 amide bonds. The van der Waals surface area contributed by atoms with Gasteiger partial charge in [0.2, 0.25) is 11.8 Å². The SMILES string of the molecule is CC(=O)N1CCC(C(=O)NC2CCN(Cc3nnn4c3COC(c3ccc(F)cc3)C4)CC2)CC1. The number of ether oxygens (including phenoxy) is 1. The largest absolute Gasteiger partial charge is 0.365 e. The lowest BCUT2D eigenvalue weighted by Crippen LogP contribution is -2.48. The molecule has 0 spiro atoms. The molecule has 3 aliphatic heterocycles. The highest BCUT2D eigenvalue weighted by Crippen LogP contribution is 2.28. The number of aromatic nitrogens is 3. The highest BCUT2D eigenvalue weighted by atomic mass is 19.1. The minimum atomic E-state index is -0.258. The highest BCUT2D eigenvalue weighted by Gasteiger charge is 2.30. The average Bonchev–Trinajstić information content (AvgIpc) is 3.27. The van der Waals surface area contributed by atoms with Gasteiger partial charge in [-0.15, -0.1) is 5.10 Å². The second-order valence-electron chi connectivity index (χ2n) is 9.86. The molecule has 1 aromatic heterocycles. The van der Waals surface area contributed by atoms with E-state index in [9.17, 15) is 14.0 Å². The van der Waals surface area contributed by atoms with Crippen LogP contribution in [0.1, 0.15) is 55.7 Å². The molecular weight excluding hydrogens is 451 g/mol. The van der Waals surface area contributed by atoms with Crippen molar-refractivity contribution in [1.82, 2.24) is 30.1 Å². The van der Waals surface area contributed by atoms with Crippen LogP contribution in [0.15, 0.2) is 24.3 Å². The first-order valence-corrected chi connectivity index (χ1v) is 12.5. The van der Waals surface area contributed by atoms with Gasteiger partial charge in [-0.05, 0) is 43.4 Å². The van der Waals surface area contributed by atoms with Gasteiger partial charge in [-0.1, -0.05) is 17.3 Å². The van der Waals surface area contributed by atoms with Gasteiger partial charge in [0.05, 0.1) is 18.8 Å². The minimum Gasteiger partial charge on any atom is -0.365 e. The summed E-state index contributed by atoms with van der Waals surface area (Å²) in [6, 6.07) is 6.59. The fourth-order valence-electron chi connectivity index (χ4n) is 5.29. The maximum Gasteiger partial charge on any atom is 0.223 e. The number of carbonyl (C=O) groups is 2. The zero-order valence-electron chi connectivity index (χ0n) is 20.2. The predicted octanol–water partition coefficient (Wildman–Crippen LogP) is 2.03. The van der Waals surface area contributed by atoms with Gasteiger partial charge >= 0.3 is 0 Å². The topological polar surface area (TPSA) is 92.6 Å². The average molecular weight is 485 g/mol. The van der Waals surface area contributed by atoms with E-state index in [4.69, 9.17) is 4.74 Å². The van der Waals surface area contributed by atoms with Gasteiger partial charge < -0.3 is 15.0 Å². The van der Waals surface area contributed by atoms with Crippen LogP contribution in [0.5, 0.6) is 0 Å². The van der Waals surface area contributed by atoms with Crippen LogP contribution in [0.3, 0.4) is 0 Å². The van der Waals surface area contributed by atoms with E-state index in [-0.39, 0.29) is 35.7 Å². The number of rotatable bonds is 5. The third kappa shape index (κ3) is 5.54. The van der Waals surface area contributed by atoms with Gasteiger partial charge in [-0.2, -0.15) is 0 Å². The van der Waals surface area contributed by atoms with Crippen molar-refractivity contribution in [3.63, 3.8) is 0 Å². The Kier molecular flexibility index (Phi) is 7.10. The van der Waals surface area contributed by atoms with Crippen molar-refractivity contribution in [3.05, 3.63) is 47.0 Å². The summed E-state index contributed by atoms with van der Waals surface area (Å²) >= 11 is 0. The fourth-order valence-corrected chi connectivity index (χ4v) is 5.29.